The van der Waals surface area contributed by atoms with E-state index in [9.17, 15) is 0 Å². The van der Waals surface area contributed by atoms with E-state index in [0.29, 0.717) is 0 Å². The number of rotatable bonds is 3. The fraction of sp³-hybridized carbons (Fsp3) is 0.200. The van der Waals surface area contributed by atoms with Crippen molar-refractivity contribution in [3.63, 3.8) is 0 Å². The van der Waals surface area contributed by atoms with Crippen molar-refractivity contribution in [1.82, 2.24) is 0 Å². The summed E-state index contributed by atoms with van der Waals surface area (Å²) in [6, 6.07) is 18.3. The van der Waals surface area contributed by atoms with Crippen LogP contribution in [-0.4, -0.2) is 8.07 Å². The first-order valence-corrected chi connectivity index (χ1v) is 9.40. The molecule has 0 fully saturated rings. The van der Waals surface area contributed by atoms with Crippen molar-refractivity contribution >= 4 is 13.3 Å². The molecule has 2 aromatic rings. The fourth-order valence-electron chi connectivity index (χ4n) is 1.79. The third-order valence-corrected chi connectivity index (χ3v) is 4.70. The average Bonchev–Trinajstić information content (AvgIpc) is 2.30. The Bertz CT molecular complexity index is 486. The molecule has 0 aliphatic heterocycles. The Labute approximate surface area is 104 Å². The highest BCUT2D eigenvalue weighted by atomic mass is 28.3. The topological polar surface area (TPSA) is 9.23 Å². The number of para-hydroxylation sites is 2. The molecule has 88 valence electrons. The molecule has 0 N–H and O–H groups in total. The first-order chi connectivity index (χ1) is 8.07. The highest BCUT2D eigenvalue weighted by molar-refractivity contribution is 6.89. The molecule has 0 aliphatic carbocycles. The van der Waals surface area contributed by atoms with Gasteiger partial charge in [0, 0.05) is 0 Å². The van der Waals surface area contributed by atoms with Gasteiger partial charge < -0.3 is 4.74 Å². The zero-order valence-corrected chi connectivity index (χ0v) is 11.6. The number of ether oxygens (including phenoxy) is 1. The zero-order chi connectivity index (χ0) is 12.3. The maximum absolute atomic E-state index is 5.97. The molecule has 0 spiro atoms. The Morgan fingerprint density at radius 2 is 1.35 bits per heavy atom. The minimum atomic E-state index is -1.36. The summed E-state index contributed by atoms with van der Waals surface area (Å²) in [7, 11) is -1.36. The fourth-order valence-corrected chi connectivity index (χ4v) is 3.26. The second kappa shape index (κ2) is 4.76. The molecule has 0 saturated carbocycles. The van der Waals surface area contributed by atoms with Gasteiger partial charge in [-0.3, -0.25) is 0 Å². The first-order valence-electron chi connectivity index (χ1n) is 5.90. The van der Waals surface area contributed by atoms with Crippen molar-refractivity contribution < 1.29 is 4.74 Å². The van der Waals surface area contributed by atoms with Crippen LogP contribution in [0, 0.1) is 0 Å². The summed E-state index contributed by atoms with van der Waals surface area (Å²) in [4.78, 5) is 0. The largest absolute Gasteiger partial charge is 0.458 e. The van der Waals surface area contributed by atoms with E-state index >= 15 is 0 Å². The summed E-state index contributed by atoms with van der Waals surface area (Å²) < 4.78 is 5.97. The van der Waals surface area contributed by atoms with Crippen LogP contribution < -0.4 is 9.92 Å². The standard InChI is InChI=1S/C15H18OSi/c1-17(2,3)15-12-8-7-11-14(15)16-13-9-5-4-6-10-13/h4-12H,1-3H3. The first kappa shape index (κ1) is 11.9. The van der Waals surface area contributed by atoms with Crippen molar-refractivity contribution in [3.8, 4) is 11.5 Å². The SMILES string of the molecule is C[Si](C)(C)c1ccccc1Oc1ccccc1. The predicted octanol–water partition coefficient (Wildman–Crippen LogP) is 4.02. The molecule has 2 rings (SSSR count). The van der Waals surface area contributed by atoms with Gasteiger partial charge in [-0.05, 0) is 23.4 Å². The van der Waals surface area contributed by atoms with Crippen molar-refractivity contribution in [3.05, 3.63) is 54.6 Å². The molecular weight excluding hydrogens is 224 g/mol. The van der Waals surface area contributed by atoms with Gasteiger partial charge in [-0.1, -0.05) is 56.0 Å². The molecule has 0 saturated heterocycles. The second-order valence-electron chi connectivity index (χ2n) is 5.16. The summed E-state index contributed by atoms with van der Waals surface area (Å²) in [5.74, 6) is 1.90. The molecule has 0 radical (unpaired) electrons. The number of hydrogen-bond acceptors (Lipinski definition) is 1. The molecule has 0 heterocycles. The van der Waals surface area contributed by atoms with E-state index in [1.807, 2.05) is 36.4 Å². The Morgan fingerprint density at radius 3 is 2.00 bits per heavy atom. The van der Waals surface area contributed by atoms with Gasteiger partial charge in [0.2, 0.25) is 0 Å². The van der Waals surface area contributed by atoms with E-state index in [2.05, 4.69) is 37.8 Å². The average molecular weight is 242 g/mol. The molecule has 0 bridgehead atoms. The maximum Gasteiger partial charge on any atom is 0.127 e. The number of hydrogen-bond donors (Lipinski definition) is 0. The van der Waals surface area contributed by atoms with Crippen molar-refractivity contribution in [2.45, 2.75) is 19.6 Å². The predicted molar refractivity (Wildman–Crippen MR) is 75.9 cm³/mol. The molecule has 0 aromatic heterocycles. The van der Waals surface area contributed by atoms with Crippen molar-refractivity contribution in [1.29, 1.82) is 0 Å². The van der Waals surface area contributed by atoms with Gasteiger partial charge in [0.15, 0.2) is 0 Å². The summed E-state index contributed by atoms with van der Waals surface area (Å²) in [6.07, 6.45) is 0. The molecule has 2 aromatic carbocycles. The molecule has 17 heavy (non-hydrogen) atoms. The molecular formula is C15H18OSi. The van der Waals surface area contributed by atoms with Crippen molar-refractivity contribution in [2.24, 2.45) is 0 Å². The molecule has 0 unspecified atom stereocenters. The Morgan fingerprint density at radius 1 is 0.765 bits per heavy atom. The van der Waals surface area contributed by atoms with Crippen LogP contribution in [0.5, 0.6) is 11.5 Å². The van der Waals surface area contributed by atoms with Crippen LogP contribution in [0.25, 0.3) is 0 Å². The normalized spacial score (nSPS) is 11.2. The van der Waals surface area contributed by atoms with E-state index in [0.717, 1.165) is 11.5 Å². The third kappa shape index (κ3) is 2.98. The van der Waals surface area contributed by atoms with Crippen LogP contribution in [0.1, 0.15) is 0 Å². The summed E-state index contributed by atoms with van der Waals surface area (Å²) in [5, 5.41) is 1.36. The number of benzene rings is 2. The lowest BCUT2D eigenvalue weighted by Gasteiger charge is -2.20. The highest BCUT2D eigenvalue weighted by Crippen LogP contribution is 2.21. The molecule has 0 atom stereocenters. The van der Waals surface area contributed by atoms with Crippen LogP contribution in [0.15, 0.2) is 54.6 Å². The van der Waals surface area contributed by atoms with E-state index in [-0.39, 0.29) is 0 Å². The Balaban J connectivity index is 2.34. The molecule has 2 heteroatoms. The smallest absolute Gasteiger partial charge is 0.127 e. The zero-order valence-electron chi connectivity index (χ0n) is 10.6. The van der Waals surface area contributed by atoms with Crippen LogP contribution in [0.4, 0.5) is 0 Å². The minimum Gasteiger partial charge on any atom is -0.458 e. The van der Waals surface area contributed by atoms with Crippen LogP contribution in [0.3, 0.4) is 0 Å². The lowest BCUT2D eigenvalue weighted by molar-refractivity contribution is 0.486. The maximum atomic E-state index is 5.97. The lowest BCUT2D eigenvalue weighted by atomic mass is 10.3. The van der Waals surface area contributed by atoms with Crippen molar-refractivity contribution in [2.75, 3.05) is 0 Å². The monoisotopic (exact) mass is 242 g/mol. The minimum absolute atomic E-state index is 0.901. The Hall–Kier alpha value is -1.54. The molecule has 1 nitrogen and oxygen atoms in total. The second-order valence-corrected chi connectivity index (χ2v) is 10.2. The van der Waals surface area contributed by atoms with Crippen LogP contribution in [-0.2, 0) is 0 Å². The van der Waals surface area contributed by atoms with Gasteiger partial charge >= 0.3 is 0 Å². The molecule has 0 aliphatic rings. The van der Waals surface area contributed by atoms with Gasteiger partial charge in [0.05, 0.1) is 8.07 Å². The van der Waals surface area contributed by atoms with E-state index in [1.54, 1.807) is 0 Å². The highest BCUT2D eigenvalue weighted by Gasteiger charge is 2.20. The third-order valence-electron chi connectivity index (χ3n) is 2.67. The van der Waals surface area contributed by atoms with Crippen LogP contribution in [0.2, 0.25) is 19.6 Å². The lowest BCUT2D eigenvalue weighted by Crippen LogP contribution is -2.38. The van der Waals surface area contributed by atoms with Gasteiger partial charge in [-0.15, -0.1) is 0 Å². The van der Waals surface area contributed by atoms with Gasteiger partial charge in [0.25, 0.3) is 0 Å². The van der Waals surface area contributed by atoms with E-state index in [1.165, 1.54) is 5.19 Å². The summed E-state index contributed by atoms with van der Waals surface area (Å²) in [5.41, 5.74) is 0. The van der Waals surface area contributed by atoms with Gasteiger partial charge in [0.1, 0.15) is 11.5 Å². The van der Waals surface area contributed by atoms with E-state index in [4.69, 9.17) is 4.74 Å². The summed E-state index contributed by atoms with van der Waals surface area (Å²) in [6.45, 7) is 7.00. The Kier molecular flexibility index (Phi) is 3.34. The van der Waals surface area contributed by atoms with E-state index < -0.39 is 8.07 Å². The quantitative estimate of drug-likeness (QED) is 0.739. The van der Waals surface area contributed by atoms with Gasteiger partial charge in [-0.2, -0.15) is 0 Å². The summed E-state index contributed by atoms with van der Waals surface area (Å²) >= 11 is 0. The molecule has 0 amide bonds. The van der Waals surface area contributed by atoms with Gasteiger partial charge in [-0.25, -0.2) is 0 Å². The van der Waals surface area contributed by atoms with Crippen LogP contribution >= 0.6 is 0 Å².